The fourth-order valence-corrected chi connectivity index (χ4v) is 3.43. The molecule has 0 saturated heterocycles. The summed E-state index contributed by atoms with van der Waals surface area (Å²) in [5.41, 5.74) is 4.28. The Labute approximate surface area is 138 Å². The van der Waals surface area contributed by atoms with Crippen LogP contribution in [0.1, 0.15) is 16.4 Å². The zero-order chi connectivity index (χ0) is 12.7. The molecule has 1 aliphatic rings. The van der Waals surface area contributed by atoms with Crippen molar-refractivity contribution in [2.24, 2.45) is 0 Å². The van der Waals surface area contributed by atoms with Gasteiger partial charge in [-0.3, -0.25) is 4.79 Å². The summed E-state index contributed by atoms with van der Waals surface area (Å²) in [6.07, 6.45) is 0. The summed E-state index contributed by atoms with van der Waals surface area (Å²) in [5, 5.41) is 8.84. The molecule has 1 heterocycles. The average Bonchev–Trinajstić information content (AvgIpc) is 2.37. The first-order valence-corrected chi connectivity index (χ1v) is 6.64. The van der Waals surface area contributed by atoms with Crippen LogP contribution in [-0.2, 0) is 4.79 Å². The van der Waals surface area contributed by atoms with Crippen molar-refractivity contribution < 1.29 is 9.90 Å². The van der Waals surface area contributed by atoms with E-state index in [1.165, 1.54) is 17.3 Å². The number of fused-ring (bicyclic) bond motifs is 3. The van der Waals surface area contributed by atoms with Gasteiger partial charge in [0.1, 0.15) is 5.25 Å². The zero-order valence-corrected chi connectivity index (χ0v) is 10.7. The Kier molecular flexibility index (Phi) is 4.41. The third-order valence-corrected chi connectivity index (χ3v) is 4.44. The molecule has 0 amide bonds. The third kappa shape index (κ3) is 2.61. The molecule has 2 aromatic carbocycles. The Balaban J connectivity index is 0.00000133. The molecule has 1 N–H and O–H groups in total. The fourth-order valence-electron chi connectivity index (χ4n) is 2.30. The van der Waals surface area contributed by atoms with Gasteiger partial charge < -0.3 is 5.11 Å². The summed E-state index contributed by atoms with van der Waals surface area (Å²) in [7, 11) is 0. The van der Waals surface area contributed by atoms with Crippen molar-refractivity contribution >= 4 is 47.3 Å². The molecule has 92 valence electrons. The summed E-state index contributed by atoms with van der Waals surface area (Å²) < 4.78 is 0. The van der Waals surface area contributed by atoms with Crippen LogP contribution in [0.4, 0.5) is 0 Å². The number of benzene rings is 2. The molecule has 0 aliphatic carbocycles. The number of rotatable bonds is 1. The second-order valence-electron chi connectivity index (χ2n) is 4.42. The van der Waals surface area contributed by atoms with E-state index in [9.17, 15) is 9.90 Å². The first-order chi connectivity index (χ1) is 8.66. The molecule has 2 nitrogen and oxygen atoms in total. The van der Waals surface area contributed by atoms with Crippen LogP contribution in [0.25, 0.3) is 11.1 Å². The minimum atomic E-state index is -0.779. The van der Waals surface area contributed by atoms with Crippen LogP contribution in [0.2, 0.25) is 0 Å². The standard InChI is InChI=1S/C15H12O2S.Na.H/c1-9-6-7-13-12(8-9)10-4-2-3-5-11(10)14(18-13)15(16)17;;/h2-8,14H,1H3,(H,16,17);;. The maximum absolute atomic E-state index is 11.4. The van der Waals surface area contributed by atoms with Crippen molar-refractivity contribution in [2.75, 3.05) is 0 Å². The van der Waals surface area contributed by atoms with E-state index in [0.717, 1.165) is 21.6 Å². The normalized spacial score (nSPS) is 15.9. The van der Waals surface area contributed by atoms with E-state index in [2.05, 4.69) is 13.0 Å². The van der Waals surface area contributed by atoms with Gasteiger partial charge in [0.15, 0.2) is 0 Å². The maximum atomic E-state index is 11.4. The van der Waals surface area contributed by atoms with E-state index in [-0.39, 0.29) is 29.6 Å². The van der Waals surface area contributed by atoms with E-state index >= 15 is 0 Å². The fraction of sp³-hybridized carbons (Fsp3) is 0.133. The van der Waals surface area contributed by atoms with Crippen LogP contribution in [0.15, 0.2) is 47.4 Å². The number of aryl methyl sites for hydroxylation is 1. The molecule has 0 aromatic heterocycles. The van der Waals surface area contributed by atoms with Crippen molar-refractivity contribution in [3.8, 4) is 11.1 Å². The Hall–Kier alpha value is -0.740. The number of carbonyl (C=O) groups is 1. The molecule has 1 atom stereocenters. The van der Waals surface area contributed by atoms with E-state index in [4.69, 9.17) is 0 Å². The third-order valence-electron chi connectivity index (χ3n) is 3.14. The van der Waals surface area contributed by atoms with Gasteiger partial charge in [0.2, 0.25) is 0 Å². The predicted molar refractivity (Wildman–Crippen MR) is 80.0 cm³/mol. The molecular weight excluding hydrogens is 267 g/mol. The van der Waals surface area contributed by atoms with Gasteiger partial charge in [-0.1, -0.05) is 42.0 Å². The van der Waals surface area contributed by atoms with E-state index in [0.29, 0.717) is 0 Å². The van der Waals surface area contributed by atoms with Gasteiger partial charge in [0.05, 0.1) is 0 Å². The quantitative estimate of drug-likeness (QED) is 0.815. The molecule has 0 saturated carbocycles. The van der Waals surface area contributed by atoms with Crippen LogP contribution in [0.5, 0.6) is 0 Å². The molecule has 4 heteroatoms. The summed E-state index contributed by atoms with van der Waals surface area (Å²) >= 11 is 1.42. The van der Waals surface area contributed by atoms with Crippen LogP contribution < -0.4 is 0 Å². The van der Waals surface area contributed by atoms with Crippen molar-refractivity contribution in [1.29, 1.82) is 0 Å². The van der Waals surface area contributed by atoms with E-state index in [1.807, 2.05) is 36.4 Å². The second-order valence-corrected chi connectivity index (χ2v) is 5.57. The first kappa shape index (κ1) is 14.7. The molecule has 1 unspecified atom stereocenters. The number of carboxylic acids is 1. The molecule has 1 aliphatic heterocycles. The van der Waals surface area contributed by atoms with Gasteiger partial charge >= 0.3 is 35.5 Å². The molecule has 19 heavy (non-hydrogen) atoms. The van der Waals surface area contributed by atoms with E-state index < -0.39 is 11.2 Å². The number of thioether (sulfide) groups is 1. The van der Waals surface area contributed by atoms with Gasteiger partial charge in [-0.15, -0.1) is 11.8 Å². The van der Waals surface area contributed by atoms with Crippen molar-refractivity contribution in [1.82, 2.24) is 0 Å². The number of aliphatic carboxylic acids is 1. The van der Waals surface area contributed by atoms with Crippen LogP contribution >= 0.6 is 11.8 Å². The Bertz CT molecular complexity index is 640. The second kappa shape index (κ2) is 5.71. The van der Waals surface area contributed by atoms with Crippen LogP contribution in [0.3, 0.4) is 0 Å². The van der Waals surface area contributed by atoms with Crippen molar-refractivity contribution in [2.45, 2.75) is 17.1 Å². The predicted octanol–water partition coefficient (Wildman–Crippen LogP) is 3.24. The molecule has 0 fully saturated rings. The molecule has 2 aromatic rings. The number of hydrogen-bond acceptors (Lipinski definition) is 2. The van der Waals surface area contributed by atoms with E-state index in [1.54, 1.807) is 0 Å². The monoisotopic (exact) mass is 280 g/mol. The molecule has 0 spiro atoms. The van der Waals surface area contributed by atoms with Crippen molar-refractivity contribution in [3.05, 3.63) is 53.6 Å². The molecule has 3 rings (SSSR count). The summed E-state index contributed by atoms with van der Waals surface area (Å²) in [5.74, 6) is -0.779. The summed E-state index contributed by atoms with van der Waals surface area (Å²) in [6.45, 7) is 2.05. The van der Waals surface area contributed by atoms with Gasteiger partial charge in [-0.25, -0.2) is 0 Å². The summed E-state index contributed by atoms with van der Waals surface area (Å²) in [6, 6.07) is 13.9. The first-order valence-electron chi connectivity index (χ1n) is 5.76. The summed E-state index contributed by atoms with van der Waals surface area (Å²) in [4.78, 5) is 12.4. The molecule has 0 radical (unpaired) electrons. The topological polar surface area (TPSA) is 37.3 Å². The van der Waals surface area contributed by atoms with Gasteiger partial charge in [0, 0.05) is 4.90 Å². The van der Waals surface area contributed by atoms with Gasteiger partial charge in [-0.2, -0.15) is 0 Å². The Morgan fingerprint density at radius 3 is 2.63 bits per heavy atom. The average molecular weight is 280 g/mol. The minimum absolute atomic E-state index is 0. The molecular formula is C15H13NaO2S. The van der Waals surface area contributed by atoms with Crippen LogP contribution in [-0.4, -0.2) is 40.6 Å². The number of carboxylic acid groups (broad SMARTS) is 1. The number of hydrogen-bond donors (Lipinski definition) is 1. The Morgan fingerprint density at radius 2 is 1.89 bits per heavy atom. The van der Waals surface area contributed by atoms with Crippen LogP contribution in [0, 0.1) is 6.92 Å². The van der Waals surface area contributed by atoms with Crippen molar-refractivity contribution in [3.63, 3.8) is 0 Å². The zero-order valence-electron chi connectivity index (χ0n) is 9.88. The van der Waals surface area contributed by atoms with Gasteiger partial charge in [-0.05, 0) is 29.7 Å². The van der Waals surface area contributed by atoms with Gasteiger partial charge in [0.25, 0.3) is 0 Å². The molecule has 0 bridgehead atoms. The SMILES string of the molecule is Cc1ccc2c(c1)-c1ccccc1C(C(=O)O)S2.[NaH]. The Morgan fingerprint density at radius 1 is 1.16 bits per heavy atom.